The van der Waals surface area contributed by atoms with Gasteiger partial charge in [-0.2, -0.15) is 0 Å². The molecule has 8 nitrogen and oxygen atoms in total. The third kappa shape index (κ3) is 3.83. The number of nitrogens with one attached hydrogen (secondary N) is 1. The van der Waals surface area contributed by atoms with Crippen LogP contribution in [0.15, 0.2) is 81.9 Å². The van der Waals surface area contributed by atoms with Crippen LogP contribution >= 0.6 is 0 Å². The molecule has 3 aliphatic heterocycles. The summed E-state index contributed by atoms with van der Waals surface area (Å²) in [4.78, 5) is 27.4. The van der Waals surface area contributed by atoms with Gasteiger partial charge in [-0.15, -0.1) is 0 Å². The summed E-state index contributed by atoms with van der Waals surface area (Å²) in [5.41, 5.74) is 4.70. The zero-order valence-electron chi connectivity index (χ0n) is 19.2. The molecule has 0 saturated carbocycles. The molecule has 0 radical (unpaired) electrons. The van der Waals surface area contributed by atoms with Crippen molar-refractivity contribution in [3.8, 4) is 5.75 Å². The van der Waals surface area contributed by atoms with Crippen molar-refractivity contribution in [2.45, 2.75) is 6.42 Å². The summed E-state index contributed by atoms with van der Waals surface area (Å²) < 4.78 is 5.36. The van der Waals surface area contributed by atoms with E-state index < -0.39 is 0 Å². The Morgan fingerprint density at radius 1 is 1.09 bits per heavy atom. The highest BCUT2D eigenvalue weighted by Gasteiger charge is 2.30. The Morgan fingerprint density at radius 3 is 2.68 bits per heavy atom. The first-order valence-corrected chi connectivity index (χ1v) is 10.8. The predicted octanol–water partition coefficient (Wildman–Crippen LogP) is 1.46. The van der Waals surface area contributed by atoms with E-state index in [2.05, 4.69) is 22.0 Å². The van der Waals surface area contributed by atoms with Crippen LogP contribution in [0.2, 0.25) is 0 Å². The average Bonchev–Trinajstić information content (AvgIpc) is 3.29. The number of methoxy groups -OCH3 is 1. The molecular weight excluding hydrogens is 432 g/mol. The molecular formula is C26H26N4O4. The quantitative estimate of drug-likeness (QED) is 0.536. The first-order valence-electron chi connectivity index (χ1n) is 10.8. The lowest BCUT2D eigenvalue weighted by molar-refractivity contribution is 0.399. The van der Waals surface area contributed by atoms with Crippen molar-refractivity contribution in [2.24, 2.45) is 4.99 Å². The van der Waals surface area contributed by atoms with Gasteiger partial charge in [0.2, 0.25) is 0 Å². The second-order valence-corrected chi connectivity index (χ2v) is 7.45. The van der Waals surface area contributed by atoms with Crippen molar-refractivity contribution in [3.63, 3.8) is 0 Å². The second kappa shape index (κ2) is 9.86. The van der Waals surface area contributed by atoms with Crippen LogP contribution in [0, 0.1) is 0 Å². The van der Waals surface area contributed by atoms with E-state index in [1.54, 1.807) is 13.2 Å². The number of H-pyrrole nitrogens is 1. The summed E-state index contributed by atoms with van der Waals surface area (Å²) in [5, 5.41) is 16.7. The van der Waals surface area contributed by atoms with Gasteiger partial charge in [-0.05, 0) is 48.4 Å². The molecule has 174 valence electrons. The molecule has 2 aromatic carbocycles. The van der Waals surface area contributed by atoms with Crippen LogP contribution in [0.25, 0.3) is 22.2 Å². The van der Waals surface area contributed by atoms with Gasteiger partial charge in [0.15, 0.2) is 5.82 Å². The van der Waals surface area contributed by atoms with E-state index in [1.807, 2.05) is 42.5 Å². The summed E-state index contributed by atoms with van der Waals surface area (Å²) in [6.45, 7) is 0.794. The second-order valence-electron chi connectivity index (χ2n) is 7.45. The van der Waals surface area contributed by atoms with Crippen LogP contribution in [0.4, 0.5) is 0 Å². The molecule has 8 heteroatoms. The molecule has 0 bridgehead atoms. The normalized spacial score (nSPS) is 15.1. The fourth-order valence-electron chi connectivity index (χ4n) is 4.39. The van der Waals surface area contributed by atoms with Crippen molar-refractivity contribution in [1.29, 1.82) is 0 Å². The van der Waals surface area contributed by atoms with E-state index in [4.69, 9.17) is 24.9 Å². The first kappa shape index (κ1) is 23.2. The van der Waals surface area contributed by atoms with Gasteiger partial charge in [-0.25, -0.2) is 9.98 Å². The summed E-state index contributed by atoms with van der Waals surface area (Å²) in [6, 6.07) is 13.4. The third-order valence-corrected chi connectivity index (χ3v) is 5.82. The van der Waals surface area contributed by atoms with Crippen LogP contribution in [-0.2, 0) is 0 Å². The molecule has 1 aromatic heterocycles. The Kier molecular flexibility index (Phi) is 6.72. The van der Waals surface area contributed by atoms with Crippen LogP contribution in [0.1, 0.15) is 12.2 Å². The van der Waals surface area contributed by atoms with Crippen molar-refractivity contribution >= 4 is 22.2 Å². The Morgan fingerprint density at radius 2 is 1.88 bits per heavy atom. The lowest BCUT2D eigenvalue weighted by atomic mass is 9.98. The van der Waals surface area contributed by atoms with E-state index >= 15 is 0 Å². The number of ether oxygens (including phenoxy) is 1. The molecule has 0 unspecified atom stereocenters. The van der Waals surface area contributed by atoms with E-state index in [0.717, 1.165) is 55.4 Å². The number of hydrogen-bond donors (Lipinski definition) is 3. The Labute approximate surface area is 196 Å². The maximum absolute atomic E-state index is 12.6. The van der Waals surface area contributed by atoms with Gasteiger partial charge in [0.1, 0.15) is 5.75 Å². The smallest absolute Gasteiger partial charge is 0.259 e. The lowest BCUT2D eigenvalue weighted by Gasteiger charge is -2.34. The summed E-state index contributed by atoms with van der Waals surface area (Å²) in [5.74, 6) is 1.37. The topological polar surface area (TPSA) is 111 Å². The average molecular weight is 459 g/mol. The van der Waals surface area contributed by atoms with Crippen molar-refractivity contribution in [1.82, 2.24) is 14.9 Å². The first-order chi connectivity index (χ1) is 16.7. The van der Waals surface area contributed by atoms with Crippen LogP contribution in [0.3, 0.4) is 0 Å². The molecule has 34 heavy (non-hydrogen) atoms. The largest absolute Gasteiger partial charge is 0.497 e. The molecule has 3 aliphatic rings. The Balaban J connectivity index is 0.000000652. The zero-order valence-corrected chi connectivity index (χ0v) is 19.2. The maximum Gasteiger partial charge on any atom is 0.259 e. The summed E-state index contributed by atoms with van der Waals surface area (Å²) in [6.07, 6.45) is 6.92. The monoisotopic (exact) mass is 458 g/mol. The number of aromatic nitrogens is 2. The van der Waals surface area contributed by atoms with E-state index in [1.165, 1.54) is 10.8 Å². The number of benzene rings is 2. The van der Waals surface area contributed by atoms with Crippen molar-refractivity contribution in [3.05, 3.63) is 98.8 Å². The number of aliphatic hydroxyl groups is 2. The number of nitrogens with zero attached hydrogens (tertiary/aromatic N) is 3. The number of rotatable bonds is 2. The molecule has 4 heterocycles. The fraction of sp³-hybridized carbons (Fsp3) is 0.192. The van der Waals surface area contributed by atoms with Gasteiger partial charge in [0.05, 0.1) is 40.5 Å². The highest BCUT2D eigenvalue weighted by Crippen LogP contribution is 2.37. The third-order valence-electron chi connectivity index (χ3n) is 5.82. The van der Waals surface area contributed by atoms with Gasteiger partial charge < -0.3 is 24.8 Å². The summed E-state index contributed by atoms with van der Waals surface area (Å²) in [7, 11) is 3.67. The number of hydrogen-bond acceptors (Lipinski definition) is 7. The molecule has 0 aliphatic carbocycles. The Hall–Kier alpha value is -4.01. The Bertz CT molecular complexity index is 1520. The molecule has 0 amide bonds. The number of para-hydroxylation sites is 1. The molecule has 0 saturated heterocycles. The van der Waals surface area contributed by atoms with Gasteiger partial charge in [-0.3, -0.25) is 4.79 Å². The van der Waals surface area contributed by atoms with Gasteiger partial charge in [-0.1, -0.05) is 18.2 Å². The minimum Gasteiger partial charge on any atom is -0.497 e. The van der Waals surface area contributed by atoms with Crippen molar-refractivity contribution < 1.29 is 14.9 Å². The number of aromatic amines is 1. The number of fused-ring (bicyclic) bond motifs is 4. The highest BCUT2D eigenvalue weighted by molar-refractivity contribution is 5.80. The molecule has 0 fully saturated rings. The van der Waals surface area contributed by atoms with E-state index in [-0.39, 0.29) is 5.56 Å². The van der Waals surface area contributed by atoms with Crippen molar-refractivity contribution in [2.75, 3.05) is 27.9 Å². The fourth-order valence-corrected chi connectivity index (χ4v) is 4.39. The maximum atomic E-state index is 12.6. The van der Waals surface area contributed by atoms with Gasteiger partial charge in [0.25, 0.3) is 5.56 Å². The van der Waals surface area contributed by atoms with Gasteiger partial charge >= 0.3 is 0 Å². The number of aliphatic hydroxyl groups excluding tert-OH is 2. The summed E-state index contributed by atoms with van der Waals surface area (Å²) >= 11 is 0. The highest BCUT2D eigenvalue weighted by atomic mass is 16.5. The van der Waals surface area contributed by atoms with E-state index in [9.17, 15) is 4.79 Å². The van der Waals surface area contributed by atoms with Crippen LogP contribution in [0.5, 0.6) is 5.75 Å². The molecule has 6 rings (SSSR count). The molecule has 3 N–H and O–H groups in total. The SMILES string of the molecule is CO.CO.COc1ccc2c(c1)=NC1=C3C=CC=C(c4nc5ccccc5c(=O)[nH]4)N3CCC=21. The minimum absolute atomic E-state index is 0.130. The zero-order chi connectivity index (χ0) is 24.2. The standard InChI is InChI=1S/C24H18N4O2.2CH4O/c1-30-14-9-10-15-16-11-12-28-20(22(16)25-19(15)13-14)7-4-8-21(28)23-26-18-6-3-2-5-17(18)24(29)27-23;2*1-2/h2-10,13H,11-12H2,1H3,(H,26,27,29);2*2H,1H3. The minimum atomic E-state index is -0.130. The lowest BCUT2D eigenvalue weighted by Crippen LogP contribution is -2.31. The van der Waals surface area contributed by atoms with Gasteiger partial charge in [0, 0.05) is 32.0 Å². The van der Waals surface area contributed by atoms with Crippen LogP contribution < -0.4 is 20.9 Å². The van der Waals surface area contributed by atoms with Crippen LogP contribution in [-0.4, -0.2) is 53.0 Å². The molecule has 0 atom stereocenters. The predicted molar refractivity (Wildman–Crippen MR) is 131 cm³/mol. The number of allylic oxidation sites excluding steroid dienone is 4. The van der Waals surface area contributed by atoms with E-state index in [0.29, 0.717) is 16.7 Å². The molecule has 3 aromatic rings. The molecule has 0 spiro atoms.